The molecule has 0 atom stereocenters. The van der Waals surface area contributed by atoms with Crippen LogP contribution in [0, 0.1) is 0 Å². The molecule has 0 aliphatic heterocycles. The van der Waals surface area contributed by atoms with Crippen molar-refractivity contribution < 1.29 is 4.74 Å². The van der Waals surface area contributed by atoms with Crippen LogP contribution < -0.4 is 0 Å². The molecule has 3 heteroatoms. The molecular formula is C10H12Cl2O. The smallest absolute Gasteiger partial charge is 0.119 e. The van der Waals surface area contributed by atoms with Gasteiger partial charge in [0.25, 0.3) is 0 Å². The molecule has 0 spiro atoms. The number of hydrogen-bond donors (Lipinski definition) is 0. The zero-order valence-corrected chi connectivity index (χ0v) is 8.81. The van der Waals surface area contributed by atoms with Crippen molar-refractivity contribution in [2.24, 2.45) is 0 Å². The highest BCUT2D eigenvalue weighted by atomic mass is 35.5. The fraction of sp³-hybridized carbons (Fsp3) is 0.200. The van der Waals surface area contributed by atoms with E-state index in [0.29, 0.717) is 24.4 Å². The van der Waals surface area contributed by atoms with Crippen molar-refractivity contribution in [1.82, 2.24) is 0 Å². The second kappa shape index (κ2) is 7.96. The third-order valence-electron chi connectivity index (χ3n) is 1.20. The van der Waals surface area contributed by atoms with Gasteiger partial charge in [-0.1, -0.05) is 35.4 Å². The summed E-state index contributed by atoms with van der Waals surface area (Å²) in [5.41, 5.74) is 2.73. The Kier molecular flexibility index (Phi) is 7.56. The highest BCUT2D eigenvalue weighted by Gasteiger charge is 1.99. The summed E-state index contributed by atoms with van der Waals surface area (Å²) in [5.74, 6) is 1.23. The summed E-state index contributed by atoms with van der Waals surface area (Å²) in [7, 11) is 0. The number of rotatable bonds is 6. The summed E-state index contributed by atoms with van der Waals surface area (Å²) in [6, 6.07) is 0. The Morgan fingerprint density at radius 1 is 1.00 bits per heavy atom. The molecule has 0 unspecified atom stereocenters. The molecule has 1 nitrogen and oxygen atoms in total. The van der Waals surface area contributed by atoms with Crippen molar-refractivity contribution in [3.05, 3.63) is 47.9 Å². The van der Waals surface area contributed by atoms with Gasteiger partial charge in [-0.3, -0.25) is 0 Å². The molecule has 0 aromatic rings. The van der Waals surface area contributed by atoms with Gasteiger partial charge >= 0.3 is 0 Å². The Balaban J connectivity index is 4.20. The van der Waals surface area contributed by atoms with E-state index in [4.69, 9.17) is 27.9 Å². The standard InChI is InChI=1S/C10H12Cl2O/c1-3-5-9(7-11)13-10(8-12)6-4-2/h3-4,7-8H,1-2,5-6H2. The lowest BCUT2D eigenvalue weighted by atomic mass is 10.3. The van der Waals surface area contributed by atoms with Crippen LogP contribution in [-0.4, -0.2) is 0 Å². The molecule has 0 N–H and O–H groups in total. The predicted octanol–water partition coefficient (Wildman–Crippen LogP) is 4.32. The van der Waals surface area contributed by atoms with E-state index in [-0.39, 0.29) is 0 Å². The molecule has 0 bridgehead atoms. The summed E-state index contributed by atoms with van der Waals surface area (Å²) in [6.07, 6.45) is 4.56. The predicted molar refractivity (Wildman–Crippen MR) is 58.6 cm³/mol. The molecule has 72 valence electrons. The molecule has 0 saturated carbocycles. The fourth-order valence-electron chi connectivity index (χ4n) is 0.670. The number of halogens is 2. The maximum absolute atomic E-state index is 5.52. The van der Waals surface area contributed by atoms with Gasteiger partial charge in [0.05, 0.1) is 0 Å². The van der Waals surface area contributed by atoms with Crippen LogP contribution in [0.3, 0.4) is 0 Å². The average molecular weight is 219 g/mol. The number of allylic oxidation sites excluding steroid dienone is 2. The van der Waals surface area contributed by atoms with Gasteiger partial charge in [-0.15, -0.1) is 13.2 Å². The van der Waals surface area contributed by atoms with Crippen LogP contribution in [-0.2, 0) is 4.74 Å². The second-order valence-electron chi connectivity index (χ2n) is 2.24. The van der Waals surface area contributed by atoms with E-state index in [1.54, 1.807) is 12.2 Å². The maximum atomic E-state index is 5.52. The lowest BCUT2D eigenvalue weighted by Gasteiger charge is -2.08. The normalized spacial score (nSPS) is 12.5. The van der Waals surface area contributed by atoms with Crippen molar-refractivity contribution in [3.63, 3.8) is 0 Å². The first-order valence-electron chi connectivity index (χ1n) is 3.76. The molecule has 0 saturated heterocycles. The molecule has 13 heavy (non-hydrogen) atoms. The highest BCUT2D eigenvalue weighted by Crippen LogP contribution is 2.15. The van der Waals surface area contributed by atoms with Crippen LogP contribution in [0.4, 0.5) is 0 Å². The van der Waals surface area contributed by atoms with Crippen LogP contribution in [0.5, 0.6) is 0 Å². The molecule has 0 amide bonds. The van der Waals surface area contributed by atoms with Crippen molar-refractivity contribution in [2.45, 2.75) is 12.8 Å². The maximum Gasteiger partial charge on any atom is 0.119 e. The summed E-state index contributed by atoms with van der Waals surface area (Å²) in [6.45, 7) is 7.15. The van der Waals surface area contributed by atoms with E-state index < -0.39 is 0 Å². The van der Waals surface area contributed by atoms with Gasteiger partial charge in [0.1, 0.15) is 11.5 Å². The summed E-state index contributed by atoms with van der Waals surface area (Å²) >= 11 is 11.0. The highest BCUT2D eigenvalue weighted by molar-refractivity contribution is 6.26. The zero-order chi connectivity index (χ0) is 10.1. The van der Waals surface area contributed by atoms with Crippen LogP contribution in [0.15, 0.2) is 47.9 Å². The van der Waals surface area contributed by atoms with Gasteiger partial charge in [0.15, 0.2) is 0 Å². The van der Waals surface area contributed by atoms with E-state index >= 15 is 0 Å². The molecule has 0 aliphatic rings. The SMILES string of the molecule is C=CCC(=CCl)OC(=CCl)CC=C. The summed E-state index contributed by atoms with van der Waals surface area (Å²) < 4.78 is 5.35. The van der Waals surface area contributed by atoms with Crippen LogP contribution in [0.1, 0.15) is 12.8 Å². The first kappa shape index (κ1) is 12.3. The van der Waals surface area contributed by atoms with Crippen molar-refractivity contribution in [3.8, 4) is 0 Å². The van der Waals surface area contributed by atoms with Gasteiger partial charge in [0, 0.05) is 23.9 Å². The van der Waals surface area contributed by atoms with Gasteiger partial charge in [-0.25, -0.2) is 0 Å². The Bertz CT molecular complexity index is 205. The van der Waals surface area contributed by atoms with Gasteiger partial charge in [-0.2, -0.15) is 0 Å². The average Bonchev–Trinajstić information content (AvgIpc) is 2.16. The zero-order valence-electron chi connectivity index (χ0n) is 7.30. The Hall–Kier alpha value is -0.660. The minimum absolute atomic E-state index is 0.578. The quantitative estimate of drug-likeness (QED) is 0.477. The Morgan fingerprint density at radius 3 is 1.62 bits per heavy atom. The third-order valence-corrected chi connectivity index (χ3v) is 1.68. The van der Waals surface area contributed by atoms with Crippen molar-refractivity contribution in [1.29, 1.82) is 0 Å². The minimum atomic E-state index is 0.578. The third kappa shape index (κ3) is 5.56. The van der Waals surface area contributed by atoms with E-state index in [1.807, 2.05) is 0 Å². The van der Waals surface area contributed by atoms with Crippen LogP contribution in [0.25, 0.3) is 0 Å². The van der Waals surface area contributed by atoms with Crippen LogP contribution in [0.2, 0.25) is 0 Å². The Labute approximate surface area is 89.0 Å². The van der Waals surface area contributed by atoms with E-state index in [1.165, 1.54) is 11.1 Å². The summed E-state index contributed by atoms with van der Waals surface area (Å²) in [4.78, 5) is 0. The summed E-state index contributed by atoms with van der Waals surface area (Å²) in [5, 5.41) is 0. The molecule has 0 radical (unpaired) electrons. The molecule has 0 heterocycles. The number of ether oxygens (including phenoxy) is 1. The fourth-order valence-corrected chi connectivity index (χ4v) is 0.937. The molecule has 0 aliphatic carbocycles. The van der Waals surface area contributed by atoms with Gasteiger partial charge in [-0.05, 0) is 0 Å². The molecule has 0 aromatic carbocycles. The van der Waals surface area contributed by atoms with Crippen LogP contribution >= 0.6 is 23.2 Å². The molecule has 0 fully saturated rings. The van der Waals surface area contributed by atoms with Crippen molar-refractivity contribution >= 4 is 23.2 Å². The lowest BCUT2D eigenvalue weighted by molar-refractivity contribution is 0.294. The topological polar surface area (TPSA) is 9.23 Å². The van der Waals surface area contributed by atoms with Gasteiger partial charge < -0.3 is 4.74 Å². The van der Waals surface area contributed by atoms with E-state index in [9.17, 15) is 0 Å². The van der Waals surface area contributed by atoms with Gasteiger partial charge in [0.2, 0.25) is 0 Å². The first-order chi connectivity index (χ1) is 6.28. The van der Waals surface area contributed by atoms with E-state index in [2.05, 4.69) is 13.2 Å². The minimum Gasteiger partial charge on any atom is -0.464 e. The lowest BCUT2D eigenvalue weighted by Crippen LogP contribution is -1.90. The number of hydrogen-bond acceptors (Lipinski definition) is 1. The second-order valence-corrected chi connectivity index (χ2v) is 2.67. The first-order valence-corrected chi connectivity index (χ1v) is 4.64. The Morgan fingerprint density at radius 2 is 1.38 bits per heavy atom. The largest absolute Gasteiger partial charge is 0.464 e. The monoisotopic (exact) mass is 218 g/mol. The van der Waals surface area contributed by atoms with E-state index in [0.717, 1.165) is 0 Å². The molecular weight excluding hydrogens is 207 g/mol. The van der Waals surface area contributed by atoms with Crippen molar-refractivity contribution in [2.75, 3.05) is 0 Å². The molecule has 0 rings (SSSR count). The molecule has 0 aromatic heterocycles.